The van der Waals surface area contributed by atoms with Crippen molar-refractivity contribution in [3.05, 3.63) is 28.2 Å². The van der Waals surface area contributed by atoms with Crippen molar-refractivity contribution < 1.29 is 4.74 Å². The summed E-state index contributed by atoms with van der Waals surface area (Å²) in [6.07, 6.45) is 1.04. The summed E-state index contributed by atoms with van der Waals surface area (Å²) in [5.41, 5.74) is 1.33. The van der Waals surface area contributed by atoms with E-state index in [2.05, 4.69) is 54.2 Å². The molecule has 0 bridgehead atoms. The zero-order valence-electron chi connectivity index (χ0n) is 12.0. The largest absolute Gasteiger partial charge is 0.496 e. The molecule has 1 rings (SSSR count). The van der Waals surface area contributed by atoms with E-state index in [0.29, 0.717) is 17.9 Å². The Morgan fingerprint density at radius 2 is 1.94 bits per heavy atom. The van der Waals surface area contributed by atoms with Crippen molar-refractivity contribution in [2.24, 2.45) is 11.8 Å². The molecule has 2 atom stereocenters. The fourth-order valence-corrected chi connectivity index (χ4v) is 2.69. The number of nitrogens with one attached hydrogen (secondary N) is 1. The number of halogens is 1. The van der Waals surface area contributed by atoms with Crippen LogP contribution < -0.4 is 10.1 Å². The summed E-state index contributed by atoms with van der Waals surface area (Å²) in [6, 6.07) is 6.81. The molecule has 2 unspecified atom stereocenters. The quantitative estimate of drug-likeness (QED) is 0.860. The van der Waals surface area contributed by atoms with Crippen molar-refractivity contribution in [2.75, 3.05) is 14.2 Å². The van der Waals surface area contributed by atoms with Gasteiger partial charge in [0.05, 0.1) is 11.6 Å². The Hall–Kier alpha value is -0.540. The van der Waals surface area contributed by atoms with E-state index < -0.39 is 0 Å². The van der Waals surface area contributed by atoms with E-state index in [9.17, 15) is 0 Å². The third-order valence-corrected chi connectivity index (χ3v) is 4.35. The van der Waals surface area contributed by atoms with E-state index in [-0.39, 0.29) is 0 Å². The first-order chi connectivity index (χ1) is 8.49. The predicted octanol–water partition coefficient (Wildman–Crippen LogP) is 3.88. The average Bonchev–Trinajstić information content (AvgIpc) is 2.35. The van der Waals surface area contributed by atoms with Crippen molar-refractivity contribution >= 4 is 15.9 Å². The summed E-state index contributed by atoms with van der Waals surface area (Å²) in [5, 5.41) is 3.43. The first-order valence-corrected chi connectivity index (χ1v) is 7.28. The van der Waals surface area contributed by atoms with Gasteiger partial charge in [-0.2, -0.15) is 0 Å². The molecule has 1 aromatic rings. The van der Waals surface area contributed by atoms with Crippen LogP contribution in [0.15, 0.2) is 22.7 Å². The smallest absolute Gasteiger partial charge is 0.133 e. The standard InChI is InChI=1S/C15H24BrNO/c1-10(2)11(3)14(17-4)9-12-6-7-15(18-5)13(16)8-12/h6-8,10-11,14,17H,9H2,1-5H3. The monoisotopic (exact) mass is 313 g/mol. The van der Waals surface area contributed by atoms with E-state index in [1.807, 2.05) is 13.1 Å². The lowest BCUT2D eigenvalue weighted by atomic mass is 9.87. The zero-order valence-corrected chi connectivity index (χ0v) is 13.5. The zero-order chi connectivity index (χ0) is 13.7. The van der Waals surface area contributed by atoms with Gasteiger partial charge in [-0.05, 0) is 58.9 Å². The van der Waals surface area contributed by atoms with Gasteiger partial charge in [0.2, 0.25) is 0 Å². The van der Waals surface area contributed by atoms with Crippen molar-refractivity contribution in [1.29, 1.82) is 0 Å². The van der Waals surface area contributed by atoms with Gasteiger partial charge in [-0.3, -0.25) is 0 Å². The molecule has 0 aliphatic heterocycles. The number of hydrogen-bond donors (Lipinski definition) is 1. The molecule has 0 aliphatic rings. The second-order valence-corrected chi connectivity index (χ2v) is 6.03. The molecule has 0 spiro atoms. The van der Waals surface area contributed by atoms with Gasteiger partial charge in [-0.1, -0.05) is 26.8 Å². The van der Waals surface area contributed by atoms with E-state index in [4.69, 9.17) is 4.74 Å². The van der Waals surface area contributed by atoms with Crippen LogP contribution in [-0.4, -0.2) is 20.2 Å². The Morgan fingerprint density at radius 3 is 2.39 bits per heavy atom. The average molecular weight is 314 g/mol. The maximum absolute atomic E-state index is 5.25. The molecule has 18 heavy (non-hydrogen) atoms. The molecule has 0 saturated carbocycles. The maximum atomic E-state index is 5.25. The fourth-order valence-electron chi connectivity index (χ4n) is 2.11. The normalized spacial score (nSPS) is 14.6. The van der Waals surface area contributed by atoms with Crippen LogP contribution in [0.5, 0.6) is 5.75 Å². The molecule has 0 radical (unpaired) electrons. The summed E-state index contributed by atoms with van der Waals surface area (Å²) < 4.78 is 6.28. The lowest BCUT2D eigenvalue weighted by Crippen LogP contribution is -2.36. The molecule has 0 aliphatic carbocycles. The Kier molecular flexibility index (Phi) is 6.16. The van der Waals surface area contributed by atoms with Gasteiger partial charge in [-0.15, -0.1) is 0 Å². The van der Waals surface area contributed by atoms with Gasteiger partial charge in [0, 0.05) is 6.04 Å². The highest BCUT2D eigenvalue weighted by molar-refractivity contribution is 9.10. The number of ether oxygens (including phenoxy) is 1. The van der Waals surface area contributed by atoms with E-state index in [1.165, 1.54) is 5.56 Å². The van der Waals surface area contributed by atoms with Gasteiger partial charge in [0.25, 0.3) is 0 Å². The highest BCUT2D eigenvalue weighted by atomic mass is 79.9. The first-order valence-electron chi connectivity index (χ1n) is 6.49. The van der Waals surface area contributed by atoms with Crippen LogP contribution in [0.3, 0.4) is 0 Å². The number of rotatable bonds is 6. The minimum atomic E-state index is 0.505. The third kappa shape index (κ3) is 3.99. The van der Waals surface area contributed by atoms with Crippen molar-refractivity contribution in [1.82, 2.24) is 5.32 Å². The molecule has 102 valence electrons. The highest BCUT2D eigenvalue weighted by Crippen LogP contribution is 2.27. The number of likely N-dealkylation sites (N-methyl/N-ethyl adjacent to an activating group) is 1. The van der Waals surface area contributed by atoms with Crippen LogP contribution in [0.25, 0.3) is 0 Å². The van der Waals surface area contributed by atoms with Crippen LogP contribution in [0.4, 0.5) is 0 Å². The lowest BCUT2D eigenvalue weighted by Gasteiger charge is -2.27. The van der Waals surface area contributed by atoms with Crippen LogP contribution >= 0.6 is 15.9 Å². The molecule has 0 amide bonds. The minimum Gasteiger partial charge on any atom is -0.496 e. The Morgan fingerprint density at radius 1 is 1.28 bits per heavy atom. The maximum Gasteiger partial charge on any atom is 0.133 e. The Bertz CT molecular complexity index is 379. The second-order valence-electron chi connectivity index (χ2n) is 5.17. The van der Waals surface area contributed by atoms with Gasteiger partial charge >= 0.3 is 0 Å². The number of methoxy groups -OCH3 is 1. The molecule has 2 nitrogen and oxygen atoms in total. The molecule has 0 fully saturated rings. The predicted molar refractivity (Wildman–Crippen MR) is 81.2 cm³/mol. The molecule has 0 saturated heterocycles. The van der Waals surface area contributed by atoms with Crippen LogP contribution in [0.1, 0.15) is 26.3 Å². The van der Waals surface area contributed by atoms with Crippen molar-refractivity contribution in [2.45, 2.75) is 33.2 Å². The summed E-state index contributed by atoms with van der Waals surface area (Å²) in [7, 11) is 3.74. The molecule has 0 heterocycles. The summed E-state index contributed by atoms with van der Waals surface area (Å²) >= 11 is 3.54. The van der Waals surface area contributed by atoms with Gasteiger partial charge in [0.1, 0.15) is 5.75 Å². The van der Waals surface area contributed by atoms with E-state index in [0.717, 1.165) is 16.6 Å². The Labute approximate surface area is 119 Å². The SMILES string of the molecule is CNC(Cc1ccc(OC)c(Br)c1)C(C)C(C)C. The first kappa shape index (κ1) is 15.5. The lowest BCUT2D eigenvalue weighted by molar-refractivity contribution is 0.309. The van der Waals surface area contributed by atoms with Gasteiger partial charge in [-0.25, -0.2) is 0 Å². The summed E-state index contributed by atoms with van der Waals surface area (Å²) in [6.45, 7) is 6.86. The molecular formula is C15H24BrNO. The summed E-state index contributed by atoms with van der Waals surface area (Å²) in [4.78, 5) is 0. The van der Waals surface area contributed by atoms with Crippen LogP contribution in [0.2, 0.25) is 0 Å². The van der Waals surface area contributed by atoms with Crippen molar-refractivity contribution in [3.63, 3.8) is 0 Å². The number of hydrogen-bond acceptors (Lipinski definition) is 2. The molecule has 1 N–H and O–H groups in total. The van der Waals surface area contributed by atoms with E-state index >= 15 is 0 Å². The molecule has 1 aromatic carbocycles. The Balaban J connectivity index is 2.79. The van der Waals surface area contributed by atoms with Crippen molar-refractivity contribution in [3.8, 4) is 5.75 Å². The molecule has 3 heteroatoms. The fraction of sp³-hybridized carbons (Fsp3) is 0.600. The van der Waals surface area contributed by atoms with E-state index in [1.54, 1.807) is 7.11 Å². The third-order valence-electron chi connectivity index (χ3n) is 3.73. The van der Waals surface area contributed by atoms with Gasteiger partial charge < -0.3 is 10.1 Å². The second kappa shape index (κ2) is 7.15. The molecule has 0 aromatic heterocycles. The van der Waals surface area contributed by atoms with Crippen LogP contribution in [0, 0.1) is 11.8 Å². The van der Waals surface area contributed by atoms with Crippen LogP contribution in [-0.2, 0) is 6.42 Å². The summed E-state index contributed by atoms with van der Waals surface area (Å²) in [5.74, 6) is 2.22. The molecular weight excluding hydrogens is 290 g/mol. The topological polar surface area (TPSA) is 21.3 Å². The highest BCUT2D eigenvalue weighted by Gasteiger charge is 2.19. The van der Waals surface area contributed by atoms with Gasteiger partial charge in [0.15, 0.2) is 0 Å². The number of benzene rings is 1. The minimum absolute atomic E-state index is 0.505.